The highest BCUT2D eigenvalue weighted by molar-refractivity contribution is 6.33. The Morgan fingerprint density at radius 1 is 1.04 bits per heavy atom. The summed E-state index contributed by atoms with van der Waals surface area (Å²) >= 11 is 12.4. The molecule has 0 atom stereocenters. The van der Waals surface area contributed by atoms with E-state index in [-0.39, 0.29) is 0 Å². The fourth-order valence-electron chi connectivity index (χ4n) is 2.30. The number of benzene rings is 2. The second-order valence-corrected chi connectivity index (χ2v) is 6.66. The van der Waals surface area contributed by atoms with Gasteiger partial charge in [0.15, 0.2) is 5.82 Å². The quantitative estimate of drug-likeness (QED) is 0.661. The molecule has 1 N–H and O–H groups in total. The van der Waals surface area contributed by atoms with Crippen molar-refractivity contribution in [3.63, 3.8) is 0 Å². The minimum Gasteiger partial charge on any atom is -0.369 e. The molecule has 0 aliphatic rings. The first-order valence-electron chi connectivity index (χ1n) is 7.50. The van der Waals surface area contributed by atoms with Crippen LogP contribution in [0.1, 0.15) is 13.8 Å². The van der Waals surface area contributed by atoms with Crippen LogP contribution in [-0.2, 0) is 0 Å². The Bertz CT molecular complexity index is 847. The molecule has 118 valence electrons. The fourth-order valence-corrected chi connectivity index (χ4v) is 2.69. The lowest BCUT2D eigenvalue weighted by atomic mass is 10.1. The van der Waals surface area contributed by atoms with E-state index >= 15 is 0 Å². The zero-order valence-corrected chi connectivity index (χ0v) is 14.5. The summed E-state index contributed by atoms with van der Waals surface area (Å²) < 4.78 is 0. The number of halogens is 2. The Morgan fingerprint density at radius 3 is 2.57 bits per heavy atom. The van der Waals surface area contributed by atoms with Crippen LogP contribution in [0.5, 0.6) is 0 Å². The van der Waals surface area contributed by atoms with Gasteiger partial charge < -0.3 is 5.32 Å². The molecule has 0 radical (unpaired) electrons. The van der Waals surface area contributed by atoms with Crippen LogP contribution < -0.4 is 5.32 Å². The summed E-state index contributed by atoms with van der Waals surface area (Å²) in [4.78, 5) is 9.32. The predicted octanol–water partition coefficient (Wildman–Crippen LogP) is 5.67. The van der Waals surface area contributed by atoms with Gasteiger partial charge in [-0.15, -0.1) is 0 Å². The second kappa shape index (κ2) is 6.73. The van der Waals surface area contributed by atoms with Gasteiger partial charge in [-0.25, -0.2) is 9.97 Å². The molecule has 0 bridgehead atoms. The highest BCUT2D eigenvalue weighted by Gasteiger charge is 2.12. The van der Waals surface area contributed by atoms with Crippen molar-refractivity contribution in [1.82, 2.24) is 9.97 Å². The third kappa shape index (κ3) is 3.57. The molecular formula is C18H17Cl2N3. The molecular weight excluding hydrogens is 329 g/mol. The summed E-state index contributed by atoms with van der Waals surface area (Å²) in [5.41, 5.74) is 1.61. The van der Waals surface area contributed by atoms with E-state index in [4.69, 9.17) is 23.2 Å². The number of nitrogens with one attached hydrogen (secondary N) is 1. The average Bonchev–Trinajstić information content (AvgIpc) is 2.52. The molecule has 1 heterocycles. The van der Waals surface area contributed by atoms with Gasteiger partial charge in [-0.3, -0.25) is 0 Å². The highest BCUT2D eigenvalue weighted by atomic mass is 35.5. The van der Waals surface area contributed by atoms with Crippen LogP contribution in [0.3, 0.4) is 0 Å². The van der Waals surface area contributed by atoms with Crippen molar-refractivity contribution in [2.24, 2.45) is 5.92 Å². The number of fused-ring (bicyclic) bond motifs is 1. The monoisotopic (exact) mass is 345 g/mol. The number of hydrogen-bond acceptors (Lipinski definition) is 3. The zero-order valence-electron chi connectivity index (χ0n) is 13.0. The number of nitrogens with zero attached hydrogens (tertiary/aromatic N) is 2. The maximum absolute atomic E-state index is 6.29. The van der Waals surface area contributed by atoms with Crippen molar-refractivity contribution in [1.29, 1.82) is 0 Å². The number of hydrogen-bond donors (Lipinski definition) is 1. The van der Waals surface area contributed by atoms with Crippen molar-refractivity contribution in [3.05, 3.63) is 52.5 Å². The minimum atomic E-state index is 0.510. The molecule has 3 aromatic rings. The van der Waals surface area contributed by atoms with Crippen molar-refractivity contribution < 1.29 is 0 Å². The normalized spacial score (nSPS) is 11.2. The Hall–Kier alpha value is -1.84. The molecule has 5 heteroatoms. The molecule has 1 aromatic heterocycles. The van der Waals surface area contributed by atoms with Crippen LogP contribution in [0.2, 0.25) is 10.0 Å². The Morgan fingerprint density at radius 2 is 1.83 bits per heavy atom. The van der Waals surface area contributed by atoms with E-state index in [0.29, 0.717) is 21.8 Å². The van der Waals surface area contributed by atoms with Crippen molar-refractivity contribution in [2.75, 3.05) is 11.9 Å². The first kappa shape index (κ1) is 16.0. The zero-order chi connectivity index (χ0) is 16.4. The van der Waals surface area contributed by atoms with Crippen LogP contribution >= 0.6 is 23.2 Å². The number of anilines is 1. The summed E-state index contributed by atoms with van der Waals surface area (Å²) in [5.74, 6) is 1.91. The molecule has 0 unspecified atom stereocenters. The summed E-state index contributed by atoms with van der Waals surface area (Å²) in [5, 5.41) is 5.63. The number of rotatable bonds is 4. The van der Waals surface area contributed by atoms with E-state index in [1.165, 1.54) is 0 Å². The van der Waals surface area contributed by atoms with E-state index in [1.807, 2.05) is 42.5 Å². The third-order valence-corrected chi connectivity index (χ3v) is 4.02. The fraction of sp³-hybridized carbons (Fsp3) is 0.222. The topological polar surface area (TPSA) is 37.8 Å². The van der Waals surface area contributed by atoms with E-state index in [0.717, 1.165) is 28.8 Å². The van der Waals surface area contributed by atoms with Gasteiger partial charge in [-0.2, -0.15) is 0 Å². The van der Waals surface area contributed by atoms with Gasteiger partial charge in [0.05, 0.1) is 10.5 Å². The Labute approximate surface area is 145 Å². The van der Waals surface area contributed by atoms with Gasteiger partial charge in [0.1, 0.15) is 5.82 Å². The smallest absolute Gasteiger partial charge is 0.163 e. The molecule has 3 nitrogen and oxygen atoms in total. The first-order valence-corrected chi connectivity index (χ1v) is 8.26. The summed E-state index contributed by atoms with van der Waals surface area (Å²) in [7, 11) is 0. The molecule has 0 saturated carbocycles. The Kier molecular flexibility index (Phi) is 4.69. The van der Waals surface area contributed by atoms with Crippen LogP contribution in [-0.4, -0.2) is 16.5 Å². The molecule has 0 fully saturated rings. The van der Waals surface area contributed by atoms with Gasteiger partial charge in [0.2, 0.25) is 0 Å². The third-order valence-electron chi connectivity index (χ3n) is 3.45. The van der Waals surface area contributed by atoms with Gasteiger partial charge in [0.25, 0.3) is 0 Å². The lowest BCUT2D eigenvalue weighted by Gasteiger charge is -2.13. The molecule has 23 heavy (non-hydrogen) atoms. The Balaban J connectivity index is 2.17. The first-order chi connectivity index (χ1) is 11.0. The largest absolute Gasteiger partial charge is 0.369 e. The summed E-state index contributed by atoms with van der Waals surface area (Å²) in [6.07, 6.45) is 0. The number of aromatic nitrogens is 2. The van der Waals surface area contributed by atoms with E-state index in [1.54, 1.807) is 0 Å². The molecule has 3 rings (SSSR count). The van der Waals surface area contributed by atoms with E-state index in [9.17, 15) is 0 Å². The predicted molar refractivity (Wildman–Crippen MR) is 98.3 cm³/mol. The highest BCUT2D eigenvalue weighted by Crippen LogP contribution is 2.30. The SMILES string of the molecule is CC(C)CNc1nc(-c2ccccc2Cl)nc2cc(Cl)ccc12. The van der Waals surface area contributed by atoms with Gasteiger partial charge in [-0.1, -0.05) is 49.2 Å². The van der Waals surface area contributed by atoms with Crippen LogP contribution in [0.25, 0.3) is 22.3 Å². The lowest BCUT2D eigenvalue weighted by Crippen LogP contribution is -2.10. The molecule has 0 amide bonds. The maximum atomic E-state index is 6.29. The van der Waals surface area contributed by atoms with E-state index < -0.39 is 0 Å². The molecule has 0 saturated heterocycles. The molecule has 0 spiro atoms. The van der Waals surface area contributed by atoms with Gasteiger partial charge in [0, 0.05) is 22.5 Å². The minimum absolute atomic E-state index is 0.510. The average molecular weight is 346 g/mol. The summed E-state index contributed by atoms with van der Waals surface area (Å²) in [6.45, 7) is 5.14. The maximum Gasteiger partial charge on any atom is 0.163 e. The molecule has 0 aliphatic heterocycles. The summed E-state index contributed by atoms with van der Waals surface area (Å²) in [6, 6.07) is 13.2. The van der Waals surface area contributed by atoms with Gasteiger partial charge >= 0.3 is 0 Å². The second-order valence-electron chi connectivity index (χ2n) is 5.81. The van der Waals surface area contributed by atoms with Crippen LogP contribution in [0, 0.1) is 5.92 Å². The van der Waals surface area contributed by atoms with Crippen molar-refractivity contribution >= 4 is 39.9 Å². The van der Waals surface area contributed by atoms with E-state index in [2.05, 4.69) is 29.1 Å². The van der Waals surface area contributed by atoms with Crippen LogP contribution in [0.15, 0.2) is 42.5 Å². The lowest BCUT2D eigenvalue weighted by molar-refractivity contribution is 0.687. The van der Waals surface area contributed by atoms with Crippen LogP contribution in [0.4, 0.5) is 5.82 Å². The van der Waals surface area contributed by atoms with Crippen molar-refractivity contribution in [3.8, 4) is 11.4 Å². The van der Waals surface area contributed by atoms with Gasteiger partial charge in [-0.05, 0) is 36.2 Å². The van der Waals surface area contributed by atoms with Crippen molar-refractivity contribution in [2.45, 2.75) is 13.8 Å². The molecule has 0 aliphatic carbocycles. The molecule has 2 aromatic carbocycles. The standard InChI is InChI=1S/C18H17Cl2N3/c1-11(2)10-21-17-14-8-7-12(19)9-16(14)22-18(23-17)13-5-3-4-6-15(13)20/h3-9,11H,10H2,1-2H3,(H,21,22,23).